The molecule has 2 aliphatic rings. The van der Waals surface area contributed by atoms with Gasteiger partial charge in [-0.25, -0.2) is 0 Å². The summed E-state index contributed by atoms with van der Waals surface area (Å²) in [6.45, 7) is 1.21. The average Bonchev–Trinajstić information content (AvgIpc) is 3.57. The third kappa shape index (κ3) is 5.72. The van der Waals surface area contributed by atoms with Crippen molar-refractivity contribution in [2.75, 3.05) is 13.1 Å². The van der Waals surface area contributed by atoms with E-state index in [0.717, 1.165) is 31.2 Å². The number of fused-ring (bicyclic) bond motifs is 1. The molecule has 8 heteroatoms. The minimum Gasteiger partial charge on any atom is -0.356 e. The van der Waals surface area contributed by atoms with Gasteiger partial charge in [-0.2, -0.15) is 10.2 Å². The molecule has 1 saturated heterocycles. The van der Waals surface area contributed by atoms with Crippen molar-refractivity contribution in [3.63, 3.8) is 0 Å². The van der Waals surface area contributed by atoms with Crippen molar-refractivity contribution in [1.29, 1.82) is 5.26 Å². The van der Waals surface area contributed by atoms with E-state index in [1.54, 1.807) is 24.3 Å². The monoisotopic (exact) mass is 497 g/mol. The van der Waals surface area contributed by atoms with Crippen LogP contribution in [0, 0.1) is 17.2 Å². The van der Waals surface area contributed by atoms with Gasteiger partial charge in [0.2, 0.25) is 11.8 Å². The third-order valence-corrected chi connectivity index (χ3v) is 7.43. The normalized spacial score (nSPS) is 22.4. The van der Waals surface area contributed by atoms with Crippen LogP contribution >= 0.6 is 0 Å². The topological polar surface area (TPSA) is 112 Å². The summed E-state index contributed by atoms with van der Waals surface area (Å²) in [6, 6.07) is 18.6. The van der Waals surface area contributed by atoms with Crippen molar-refractivity contribution < 1.29 is 14.1 Å². The summed E-state index contributed by atoms with van der Waals surface area (Å²) in [5.74, 6) is 0.493. The fourth-order valence-corrected chi connectivity index (χ4v) is 5.54. The molecule has 1 aromatic heterocycles. The van der Waals surface area contributed by atoms with Gasteiger partial charge in [0.15, 0.2) is 5.82 Å². The number of carbonyl (C=O) groups is 2. The van der Waals surface area contributed by atoms with Crippen LogP contribution in [0.5, 0.6) is 0 Å². The van der Waals surface area contributed by atoms with E-state index in [-0.39, 0.29) is 29.7 Å². The Kier molecular flexibility index (Phi) is 7.59. The summed E-state index contributed by atoms with van der Waals surface area (Å²) in [5.41, 5.74) is 2.01. The zero-order chi connectivity index (χ0) is 25.6. The van der Waals surface area contributed by atoms with Crippen LogP contribution in [-0.2, 0) is 11.2 Å². The fourth-order valence-electron chi connectivity index (χ4n) is 5.54. The highest BCUT2D eigenvalue weighted by Crippen LogP contribution is 2.41. The Balaban J connectivity index is 1.41. The van der Waals surface area contributed by atoms with Gasteiger partial charge in [-0.1, -0.05) is 54.4 Å². The SMILES string of the molecule is N#Cc1cccc(C(=O)N2CCCCCCNC(=O)[C@@H]3C[C@@H](c4nc(Cc5ccccc5)no4)C[C@@H]32)c1. The molecule has 2 amide bonds. The number of rotatable bonds is 4. The van der Waals surface area contributed by atoms with Gasteiger partial charge in [0.25, 0.3) is 5.91 Å². The number of amides is 2. The number of aromatic nitrogens is 2. The number of benzene rings is 2. The fraction of sp³-hybridized carbons (Fsp3) is 0.414. The van der Waals surface area contributed by atoms with Gasteiger partial charge in [0, 0.05) is 37.0 Å². The van der Waals surface area contributed by atoms with Gasteiger partial charge in [0.1, 0.15) is 0 Å². The summed E-state index contributed by atoms with van der Waals surface area (Å²) in [4.78, 5) is 33.6. The van der Waals surface area contributed by atoms with E-state index in [1.807, 2.05) is 35.2 Å². The summed E-state index contributed by atoms with van der Waals surface area (Å²) < 4.78 is 5.67. The molecule has 0 unspecified atom stereocenters. The minimum absolute atomic E-state index is 0.0259. The largest absolute Gasteiger partial charge is 0.356 e. The molecular formula is C29H31N5O3. The second-order valence-corrected chi connectivity index (χ2v) is 9.95. The Labute approximate surface area is 216 Å². The molecule has 8 nitrogen and oxygen atoms in total. The molecule has 0 radical (unpaired) electrons. The van der Waals surface area contributed by atoms with Crippen LogP contribution in [0.15, 0.2) is 59.1 Å². The predicted molar refractivity (Wildman–Crippen MR) is 136 cm³/mol. The highest BCUT2D eigenvalue weighted by atomic mass is 16.5. The van der Waals surface area contributed by atoms with Crippen LogP contribution in [0.1, 0.15) is 77.6 Å². The lowest BCUT2D eigenvalue weighted by atomic mass is 9.99. The molecular weight excluding hydrogens is 466 g/mol. The van der Waals surface area contributed by atoms with Crippen molar-refractivity contribution in [2.24, 2.45) is 5.92 Å². The first-order valence-corrected chi connectivity index (χ1v) is 13.1. The maximum absolute atomic E-state index is 13.8. The molecule has 2 fully saturated rings. The lowest BCUT2D eigenvalue weighted by Crippen LogP contribution is -2.47. The van der Waals surface area contributed by atoms with E-state index >= 15 is 0 Å². The average molecular weight is 498 g/mol. The molecule has 5 rings (SSSR count). The predicted octanol–water partition coefficient (Wildman–Crippen LogP) is 4.23. The standard InChI is InChI=1S/C29H31N5O3/c30-19-21-11-8-12-22(15-21)29(36)34-14-7-2-1-6-13-31-27(35)24-17-23(18-25(24)34)28-32-26(33-37-28)16-20-9-4-3-5-10-20/h3-5,8-12,15,23-25H,1-2,6-7,13-14,16-18H2,(H,31,35)/t23-,24-,25+/m1/s1. The number of hydrogen-bond acceptors (Lipinski definition) is 6. The first-order chi connectivity index (χ1) is 18.1. The second kappa shape index (κ2) is 11.4. The van der Waals surface area contributed by atoms with Crippen LogP contribution in [0.4, 0.5) is 0 Å². The van der Waals surface area contributed by atoms with Crippen molar-refractivity contribution in [3.8, 4) is 6.07 Å². The van der Waals surface area contributed by atoms with Gasteiger partial charge in [-0.05, 0) is 49.4 Å². The molecule has 1 N–H and O–H groups in total. The van der Waals surface area contributed by atoms with E-state index in [0.29, 0.717) is 55.2 Å². The quantitative estimate of drug-likeness (QED) is 0.577. The van der Waals surface area contributed by atoms with Crippen molar-refractivity contribution in [2.45, 2.75) is 56.9 Å². The Bertz CT molecular complexity index is 1280. The molecule has 1 aliphatic heterocycles. The number of carbonyl (C=O) groups excluding carboxylic acids is 2. The van der Waals surface area contributed by atoms with Crippen LogP contribution in [0.3, 0.4) is 0 Å². The Hall–Kier alpha value is -3.99. The molecule has 37 heavy (non-hydrogen) atoms. The van der Waals surface area contributed by atoms with Crippen LogP contribution in [0.25, 0.3) is 0 Å². The number of nitrogens with zero attached hydrogens (tertiary/aromatic N) is 4. The third-order valence-electron chi connectivity index (χ3n) is 7.43. The van der Waals surface area contributed by atoms with E-state index < -0.39 is 0 Å². The molecule has 0 bridgehead atoms. The first-order valence-electron chi connectivity index (χ1n) is 13.1. The molecule has 3 aromatic rings. The van der Waals surface area contributed by atoms with E-state index in [1.165, 1.54) is 0 Å². The van der Waals surface area contributed by atoms with Gasteiger partial charge >= 0.3 is 0 Å². The molecule has 0 spiro atoms. The number of hydrogen-bond donors (Lipinski definition) is 1. The Morgan fingerprint density at radius 3 is 2.76 bits per heavy atom. The van der Waals surface area contributed by atoms with E-state index in [2.05, 4.69) is 21.5 Å². The number of nitrogens with one attached hydrogen (secondary N) is 1. The van der Waals surface area contributed by atoms with Crippen molar-refractivity contribution in [1.82, 2.24) is 20.4 Å². The number of nitriles is 1. The lowest BCUT2D eigenvalue weighted by Gasteiger charge is -2.32. The summed E-state index contributed by atoms with van der Waals surface area (Å²) in [5, 5.41) is 16.6. The summed E-state index contributed by atoms with van der Waals surface area (Å²) in [6.07, 6.45) is 5.50. The zero-order valence-electron chi connectivity index (χ0n) is 20.8. The van der Waals surface area contributed by atoms with Gasteiger partial charge in [0.05, 0.1) is 17.6 Å². The Morgan fingerprint density at radius 2 is 1.92 bits per heavy atom. The summed E-state index contributed by atoms with van der Waals surface area (Å²) >= 11 is 0. The van der Waals surface area contributed by atoms with Crippen LogP contribution in [-0.4, -0.2) is 46.0 Å². The van der Waals surface area contributed by atoms with Gasteiger partial charge in [-0.15, -0.1) is 0 Å². The minimum atomic E-state index is -0.365. The molecule has 190 valence electrons. The molecule has 2 heterocycles. The molecule has 1 saturated carbocycles. The van der Waals surface area contributed by atoms with Gasteiger partial charge in [-0.3, -0.25) is 9.59 Å². The maximum Gasteiger partial charge on any atom is 0.254 e. The maximum atomic E-state index is 13.8. The Morgan fingerprint density at radius 1 is 1.08 bits per heavy atom. The van der Waals surface area contributed by atoms with Crippen LogP contribution < -0.4 is 5.32 Å². The van der Waals surface area contributed by atoms with Crippen molar-refractivity contribution in [3.05, 3.63) is 83.0 Å². The summed E-state index contributed by atoms with van der Waals surface area (Å²) in [7, 11) is 0. The lowest BCUT2D eigenvalue weighted by molar-refractivity contribution is -0.126. The molecule has 2 aromatic carbocycles. The van der Waals surface area contributed by atoms with Crippen molar-refractivity contribution >= 4 is 11.8 Å². The van der Waals surface area contributed by atoms with Gasteiger partial charge < -0.3 is 14.7 Å². The second-order valence-electron chi connectivity index (χ2n) is 9.95. The first kappa shape index (κ1) is 24.7. The van der Waals surface area contributed by atoms with E-state index in [9.17, 15) is 14.9 Å². The zero-order valence-corrected chi connectivity index (χ0v) is 20.8. The molecule has 1 aliphatic carbocycles. The molecule has 3 atom stereocenters. The highest BCUT2D eigenvalue weighted by molar-refractivity contribution is 5.95. The smallest absolute Gasteiger partial charge is 0.254 e. The highest BCUT2D eigenvalue weighted by Gasteiger charge is 2.45. The van der Waals surface area contributed by atoms with Crippen LogP contribution in [0.2, 0.25) is 0 Å². The van der Waals surface area contributed by atoms with E-state index in [4.69, 9.17) is 4.52 Å².